The number of nitrogen functional groups attached to an aromatic ring is 1. The molecule has 150 valence electrons. The van der Waals surface area contributed by atoms with Gasteiger partial charge < -0.3 is 21.1 Å². The van der Waals surface area contributed by atoms with Gasteiger partial charge in [0.15, 0.2) is 0 Å². The molecule has 6 heteroatoms. The van der Waals surface area contributed by atoms with Crippen LogP contribution in [-0.4, -0.2) is 19.1 Å². The molecule has 0 saturated heterocycles. The summed E-state index contributed by atoms with van der Waals surface area (Å²) in [5, 5.41) is 6.61. The molecule has 0 aliphatic heterocycles. The van der Waals surface area contributed by atoms with E-state index in [1.165, 1.54) is 5.56 Å². The van der Waals surface area contributed by atoms with Gasteiger partial charge in [-0.25, -0.2) is 0 Å². The van der Waals surface area contributed by atoms with Gasteiger partial charge in [-0.05, 0) is 68.0 Å². The number of rotatable bonds is 6. The second kappa shape index (κ2) is 8.97. The van der Waals surface area contributed by atoms with Gasteiger partial charge in [-0.15, -0.1) is 0 Å². The van der Waals surface area contributed by atoms with E-state index >= 15 is 0 Å². The third-order valence-electron chi connectivity index (χ3n) is 5.52. The van der Waals surface area contributed by atoms with Gasteiger partial charge in [0.2, 0.25) is 5.91 Å². The molecule has 0 radical (unpaired) electrons. The Hall–Kier alpha value is -2.05. The predicted molar refractivity (Wildman–Crippen MR) is 118 cm³/mol. The number of hydrogen-bond donors (Lipinski definition) is 3. The van der Waals surface area contributed by atoms with Gasteiger partial charge in [-0.2, -0.15) is 0 Å². The molecule has 1 aliphatic rings. The lowest BCUT2D eigenvalue weighted by Crippen LogP contribution is -2.28. The molecule has 0 bridgehead atoms. The van der Waals surface area contributed by atoms with E-state index in [4.69, 9.17) is 10.5 Å². The molecule has 2 aromatic rings. The third kappa shape index (κ3) is 4.86. The number of anilines is 2. The Labute approximate surface area is 175 Å². The van der Waals surface area contributed by atoms with E-state index < -0.39 is 0 Å². The Kier molecular flexibility index (Phi) is 6.62. The average molecular weight is 446 g/mol. The largest absolute Gasteiger partial charge is 0.496 e. The summed E-state index contributed by atoms with van der Waals surface area (Å²) in [6.07, 6.45) is 2.72. The van der Waals surface area contributed by atoms with E-state index in [0.717, 1.165) is 58.5 Å². The fourth-order valence-corrected chi connectivity index (χ4v) is 4.42. The molecule has 2 unspecified atom stereocenters. The summed E-state index contributed by atoms with van der Waals surface area (Å²) in [5.41, 5.74) is 11.1. The Balaban J connectivity index is 1.54. The van der Waals surface area contributed by atoms with E-state index in [0.29, 0.717) is 6.04 Å². The number of hydrogen-bond acceptors (Lipinski definition) is 4. The minimum absolute atomic E-state index is 0.0214. The van der Waals surface area contributed by atoms with Crippen molar-refractivity contribution < 1.29 is 9.53 Å². The summed E-state index contributed by atoms with van der Waals surface area (Å²) >= 11 is 3.48. The second-order valence-corrected chi connectivity index (χ2v) is 8.47. The highest BCUT2D eigenvalue weighted by Crippen LogP contribution is 2.29. The van der Waals surface area contributed by atoms with Crippen LogP contribution < -0.4 is 21.1 Å². The van der Waals surface area contributed by atoms with E-state index in [9.17, 15) is 4.79 Å². The molecule has 5 nitrogen and oxygen atoms in total. The first-order valence-electron chi connectivity index (χ1n) is 9.60. The van der Waals surface area contributed by atoms with Gasteiger partial charge in [0.25, 0.3) is 0 Å². The number of methoxy groups -OCH3 is 1. The zero-order valence-corrected chi connectivity index (χ0v) is 18.2. The fourth-order valence-electron chi connectivity index (χ4n) is 3.83. The summed E-state index contributed by atoms with van der Waals surface area (Å²) in [7, 11) is 1.64. The molecule has 1 fully saturated rings. The molecular formula is C22H28BrN3O2. The van der Waals surface area contributed by atoms with E-state index in [2.05, 4.69) is 39.6 Å². The molecule has 3 rings (SSSR count). The molecule has 0 heterocycles. The van der Waals surface area contributed by atoms with Crippen molar-refractivity contribution in [3.05, 3.63) is 51.5 Å². The number of halogens is 1. The van der Waals surface area contributed by atoms with Crippen LogP contribution in [0.15, 0.2) is 34.8 Å². The highest BCUT2D eigenvalue weighted by Gasteiger charge is 2.30. The summed E-state index contributed by atoms with van der Waals surface area (Å²) in [5.74, 6) is 0.883. The molecule has 28 heavy (non-hydrogen) atoms. The number of nitrogens with one attached hydrogen (secondary N) is 2. The first-order chi connectivity index (χ1) is 13.4. The Morgan fingerprint density at radius 3 is 2.71 bits per heavy atom. The van der Waals surface area contributed by atoms with Crippen LogP contribution in [0, 0.1) is 19.8 Å². The van der Waals surface area contributed by atoms with Gasteiger partial charge in [0, 0.05) is 40.4 Å². The summed E-state index contributed by atoms with van der Waals surface area (Å²) in [4.78, 5) is 12.7. The van der Waals surface area contributed by atoms with Crippen LogP contribution in [-0.2, 0) is 11.3 Å². The lowest BCUT2D eigenvalue weighted by atomic mass is 10.1. The molecule has 0 spiro atoms. The van der Waals surface area contributed by atoms with Crippen molar-refractivity contribution in [1.82, 2.24) is 5.32 Å². The van der Waals surface area contributed by atoms with E-state index in [-0.39, 0.29) is 11.8 Å². The van der Waals surface area contributed by atoms with Crippen molar-refractivity contribution in [3.8, 4) is 5.75 Å². The molecule has 2 aromatic carbocycles. The van der Waals surface area contributed by atoms with Gasteiger partial charge in [0.1, 0.15) is 5.75 Å². The normalized spacial score (nSPS) is 18.9. The molecule has 0 aromatic heterocycles. The number of carbonyl (C=O) groups is 1. The molecule has 4 N–H and O–H groups in total. The summed E-state index contributed by atoms with van der Waals surface area (Å²) < 4.78 is 6.33. The van der Waals surface area contributed by atoms with Gasteiger partial charge in [-0.3, -0.25) is 4.79 Å². The predicted octanol–water partition coefficient (Wildman–Crippen LogP) is 4.55. The molecule has 1 saturated carbocycles. The second-order valence-electron chi connectivity index (χ2n) is 7.55. The molecular weight excluding hydrogens is 418 g/mol. The van der Waals surface area contributed by atoms with Crippen molar-refractivity contribution in [1.29, 1.82) is 0 Å². The average Bonchev–Trinajstić information content (AvgIpc) is 3.11. The number of amides is 1. The zero-order chi connectivity index (χ0) is 20.3. The van der Waals surface area contributed by atoms with Crippen LogP contribution in [0.3, 0.4) is 0 Å². The highest BCUT2D eigenvalue weighted by molar-refractivity contribution is 9.10. The minimum atomic E-state index is 0.0214. The number of aryl methyl sites for hydroxylation is 2. The van der Waals surface area contributed by atoms with E-state index in [1.807, 2.05) is 31.2 Å². The molecule has 1 aliphatic carbocycles. The van der Waals surface area contributed by atoms with Gasteiger partial charge in [0.05, 0.1) is 7.11 Å². The van der Waals surface area contributed by atoms with E-state index in [1.54, 1.807) is 7.11 Å². The molecule has 2 atom stereocenters. The maximum absolute atomic E-state index is 12.7. The Morgan fingerprint density at radius 2 is 2.00 bits per heavy atom. The van der Waals surface area contributed by atoms with Gasteiger partial charge >= 0.3 is 0 Å². The van der Waals surface area contributed by atoms with Crippen LogP contribution in [0.2, 0.25) is 0 Å². The van der Waals surface area contributed by atoms with Crippen LogP contribution in [0.5, 0.6) is 5.75 Å². The third-order valence-corrected chi connectivity index (χ3v) is 5.98. The standard InChI is InChI=1S/C22H28BrN3O2/c1-13-4-6-18(11-21(13)28-3)26-22(27)15-5-7-17(9-15)25-12-19-14(2)8-16(23)10-20(19)24/h4,6,8,10-11,15,17,25H,5,7,9,12,24H2,1-3H3,(H,26,27). The fraction of sp³-hybridized carbons (Fsp3) is 0.409. The SMILES string of the molecule is COc1cc(NC(=O)C2CCC(NCc3c(C)cc(Br)cc3N)C2)ccc1C. The topological polar surface area (TPSA) is 76.4 Å². The van der Waals surface area contributed by atoms with Crippen LogP contribution in [0.1, 0.15) is 36.0 Å². The number of carbonyl (C=O) groups excluding carboxylic acids is 1. The van der Waals surface area contributed by atoms with Crippen molar-refractivity contribution in [2.24, 2.45) is 5.92 Å². The number of nitrogens with two attached hydrogens (primary N) is 1. The van der Waals surface area contributed by atoms with Crippen molar-refractivity contribution in [2.75, 3.05) is 18.2 Å². The lowest BCUT2D eigenvalue weighted by Gasteiger charge is -2.16. The summed E-state index contributed by atoms with van der Waals surface area (Å²) in [6, 6.07) is 10.1. The van der Waals surface area contributed by atoms with Crippen LogP contribution >= 0.6 is 15.9 Å². The highest BCUT2D eigenvalue weighted by atomic mass is 79.9. The maximum Gasteiger partial charge on any atom is 0.227 e. The minimum Gasteiger partial charge on any atom is -0.496 e. The number of benzene rings is 2. The maximum atomic E-state index is 12.7. The number of ether oxygens (including phenoxy) is 1. The zero-order valence-electron chi connectivity index (χ0n) is 16.6. The van der Waals surface area contributed by atoms with Crippen molar-refractivity contribution >= 4 is 33.2 Å². The Bertz CT molecular complexity index is 846. The smallest absolute Gasteiger partial charge is 0.227 e. The first-order valence-corrected chi connectivity index (χ1v) is 10.4. The summed E-state index contributed by atoms with van der Waals surface area (Å²) in [6.45, 7) is 4.77. The quantitative estimate of drug-likeness (QED) is 0.569. The van der Waals surface area contributed by atoms with Gasteiger partial charge in [-0.1, -0.05) is 22.0 Å². The molecule has 1 amide bonds. The van der Waals surface area contributed by atoms with Crippen LogP contribution in [0.25, 0.3) is 0 Å². The first kappa shape index (κ1) is 20.7. The lowest BCUT2D eigenvalue weighted by molar-refractivity contribution is -0.119. The van der Waals surface area contributed by atoms with Crippen molar-refractivity contribution in [3.63, 3.8) is 0 Å². The monoisotopic (exact) mass is 445 g/mol. The van der Waals surface area contributed by atoms with Crippen molar-refractivity contribution in [2.45, 2.75) is 45.7 Å². The Morgan fingerprint density at radius 1 is 1.21 bits per heavy atom. The van der Waals surface area contributed by atoms with Crippen LogP contribution in [0.4, 0.5) is 11.4 Å².